The monoisotopic (exact) mass is 257 g/mol. The summed E-state index contributed by atoms with van der Waals surface area (Å²) >= 11 is 0. The molecule has 0 N–H and O–H groups in total. The molecule has 0 aromatic carbocycles. The lowest BCUT2D eigenvalue weighted by atomic mass is 9.86. The molecule has 3 heteroatoms. The molecule has 1 aliphatic carbocycles. The molecule has 1 aliphatic rings. The molecule has 2 aromatic heterocycles. The van der Waals surface area contributed by atoms with Gasteiger partial charge in [-0.25, -0.2) is 0 Å². The van der Waals surface area contributed by atoms with Gasteiger partial charge in [-0.2, -0.15) is 0 Å². The fourth-order valence-electron chi connectivity index (χ4n) is 3.06. The lowest BCUT2D eigenvalue weighted by Gasteiger charge is -2.22. The van der Waals surface area contributed by atoms with E-state index in [2.05, 4.69) is 34.9 Å². The van der Waals surface area contributed by atoms with Crippen LogP contribution >= 0.6 is 0 Å². The first kappa shape index (κ1) is 12.3. The van der Waals surface area contributed by atoms with Crippen molar-refractivity contribution in [3.63, 3.8) is 0 Å². The molecule has 3 rings (SSSR count). The summed E-state index contributed by atoms with van der Waals surface area (Å²) in [5.41, 5.74) is 4.21. The van der Waals surface area contributed by atoms with Crippen LogP contribution in [0.4, 0.5) is 0 Å². The number of esters is 1. The molecule has 0 bridgehead atoms. The highest BCUT2D eigenvalue weighted by Crippen LogP contribution is 2.30. The average Bonchev–Trinajstić information content (AvgIpc) is 2.76. The average molecular weight is 257 g/mol. The van der Waals surface area contributed by atoms with Crippen molar-refractivity contribution in [2.24, 2.45) is 5.92 Å². The summed E-state index contributed by atoms with van der Waals surface area (Å²) in [7, 11) is 0. The third-order valence-corrected chi connectivity index (χ3v) is 4.00. The van der Waals surface area contributed by atoms with Crippen molar-refractivity contribution in [2.75, 3.05) is 6.61 Å². The minimum Gasteiger partial charge on any atom is -0.466 e. The number of ether oxygens (including phenoxy) is 1. The molecule has 1 atom stereocenters. The smallest absolute Gasteiger partial charge is 0.302 e. The van der Waals surface area contributed by atoms with E-state index in [1.165, 1.54) is 30.1 Å². The molecule has 0 saturated carbocycles. The lowest BCUT2D eigenvalue weighted by molar-refractivity contribution is -0.141. The molecule has 0 saturated heterocycles. The summed E-state index contributed by atoms with van der Waals surface area (Å²) in [6.45, 7) is 2.03. The van der Waals surface area contributed by atoms with Crippen LogP contribution in [0.5, 0.6) is 0 Å². The van der Waals surface area contributed by atoms with Gasteiger partial charge in [-0.15, -0.1) is 0 Å². The summed E-state index contributed by atoms with van der Waals surface area (Å²) in [6.07, 6.45) is 6.55. The van der Waals surface area contributed by atoms with Crippen molar-refractivity contribution in [1.29, 1.82) is 0 Å². The van der Waals surface area contributed by atoms with Gasteiger partial charge < -0.3 is 9.14 Å². The minimum atomic E-state index is -0.175. The van der Waals surface area contributed by atoms with E-state index < -0.39 is 0 Å². The minimum absolute atomic E-state index is 0.175. The third kappa shape index (κ3) is 2.50. The first-order valence-electron chi connectivity index (χ1n) is 6.95. The molecule has 0 fully saturated rings. The molecule has 0 radical (unpaired) electrons. The predicted octanol–water partition coefficient (Wildman–Crippen LogP) is 3.00. The number of hydrogen-bond donors (Lipinski definition) is 0. The molecule has 19 heavy (non-hydrogen) atoms. The van der Waals surface area contributed by atoms with Crippen molar-refractivity contribution in [2.45, 2.75) is 32.6 Å². The fourth-order valence-corrected chi connectivity index (χ4v) is 3.06. The molecular weight excluding hydrogens is 238 g/mol. The third-order valence-electron chi connectivity index (χ3n) is 4.00. The number of rotatable bonds is 3. The van der Waals surface area contributed by atoms with Crippen molar-refractivity contribution < 1.29 is 9.53 Å². The van der Waals surface area contributed by atoms with E-state index in [9.17, 15) is 4.79 Å². The van der Waals surface area contributed by atoms with Crippen LogP contribution in [0.3, 0.4) is 0 Å². The number of hydrogen-bond acceptors (Lipinski definition) is 2. The Bertz CT molecular complexity index is 600. The van der Waals surface area contributed by atoms with E-state index in [1.807, 2.05) is 0 Å². The van der Waals surface area contributed by atoms with E-state index in [1.54, 1.807) is 0 Å². The van der Waals surface area contributed by atoms with Gasteiger partial charge in [0.25, 0.3) is 0 Å². The van der Waals surface area contributed by atoms with Crippen molar-refractivity contribution in [1.82, 2.24) is 4.40 Å². The normalized spacial score (nSPS) is 18.3. The van der Waals surface area contributed by atoms with Gasteiger partial charge in [-0.1, -0.05) is 6.07 Å². The van der Waals surface area contributed by atoms with E-state index in [4.69, 9.17) is 4.74 Å². The second kappa shape index (κ2) is 5.08. The maximum Gasteiger partial charge on any atom is 0.302 e. The van der Waals surface area contributed by atoms with Gasteiger partial charge in [-0.05, 0) is 55.4 Å². The number of fused-ring (bicyclic) bond motifs is 3. The van der Waals surface area contributed by atoms with Crippen LogP contribution in [0, 0.1) is 5.92 Å². The van der Waals surface area contributed by atoms with Crippen molar-refractivity contribution in [3.05, 3.63) is 41.7 Å². The number of carbonyl (C=O) groups excluding carboxylic acids is 1. The quantitative estimate of drug-likeness (QED) is 0.791. The first-order chi connectivity index (χ1) is 9.24. The summed E-state index contributed by atoms with van der Waals surface area (Å²) in [4.78, 5) is 10.8. The largest absolute Gasteiger partial charge is 0.466 e. The number of nitrogens with zero attached hydrogens (tertiary/aromatic N) is 1. The molecule has 0 aliphatic heterocycles. The molecule has 2 heterocycles. The Labute approximate surface area is 113 Å². The molecule has 100 valence electrons. The fraction of sp³-hybridized carbons (Fsp3) is 0.438. The molecule has 0 spiro atoms. The SMILES string of the molecule is CC(=O)OCCC1CCc2c(cc3ccccn23)C1. The summed E-state index contributed by atoms with van der Waals surface area (Å²) in [6, 6.07) is 8.62. The number of pyridine rings is 1. The zero-order chi connectivity index (χ0) is 13.2. The standard InChI is InChI=1S/C16H19NO2/c1-12(18)19-9-7-13-5-6-16-14(10-13)11-15-4-2-3-8-17(15)16/h2-4,8,11,13H,5-7,9-10H2,1H3. The lowest BCUT2D eigenvalue weighted by Crippen LogP contribution is -2.16. The van der Waals surface area contributed by atoms with Gasteiger partial charge in [0.1, 0.15) is 0 Å². The molecule has 2 aromatic rings. The van der Waals surface area contributed by atoms with Crippen molar-refractivity contribution in [3.8, 4) is 0 Å². The second-order valence-electron chi connectivity index (χ2n) is 5.35. The van der Waals surface area contributed by atoms with Gasteiger partial charge in [0.05, 0.1) is 6.61 Å². The Morgan fingerprint density at radius 2 is 2.37 bits per heavy atom. The molecule has 0 amide bonds. The van der Waals surface area contributed by atoms with Gasteiger partial charge in [0.15, 0.2) is 0 Å². The Morgan fingerprint density at radius 3 is 3.21 bits per heavy atom. The Balaban J connectivity index is 1.71. The van der Waals surface area contributed by atoms with Crippen LogP contribution in [-0.2, 0) is 22.4 Å². The van der Waals surface area contributed by atoms with Crippen LogP contribution in [-0.4, -0.2) is 17.0 Å². The highest BCUT2D eigenvalue weighted by molar-refractivity contribution is 5.65. The van der Waals surface area contributed by atoms with Crippen molar-refractivity contribution >= 4 is 11.5 Å². The molecule has 1 unspecified atom stereocenters. The van der Waals surface area contributed by atoms with Crippen LogP contribution in [0.15, 0.2) is 30.5 Å². The Hall–Kier alpha value is -1.77. The van der Waals surface area contributed by atoms with Crippen LogP contribution in [0.1, 0.15) is 31.0 Å². The van der Waals surface area contributed by atoms with Gasteiger partial charge in [0.2, 0.25) is 0 Å². The van der Waals surface area contributed by atoms with Gasteiger partial charge in [-0.3, -0.25) is 4.79 Å². The maximum atomic E-state index is 10.8. The van der Waals surface area contributed by atoms with E-state index >= 15 is 0 Å². The van der Waals surface area contributed by atoms with Crippen LogP contribution < -0.4 is 0 Å². The summed E-state index contributed by atoms with van der Waals surface area (Å²) < 4.78 is 7.35. The zero-order valence-electron chi connectivity index (χ0n) is 11.3. The van der Waals surface area contributed by atoms with Crippen LogP contribution in [0.2, 0.25) is 0 Å². The van der Waals surface area contributed by atoms with E-state index in [0.717, 1.165) is 19.3 Å². The summed E-state index contributed by atoms with van der Waals surface area (Å²) in [5.74, 6) is 0.468. The summed E-state index contributed by atoms with van der Waals surface area (Å²) in [5, 5.41) is 0. The molecular formula is C16H19NO2. The van der Waals surface area contributed by atoms with Gasteiger partial charge >= 0.3 is 5.97 Å². The topological polar surface area (TPSA) is 30.7 Å². The number of aromatic nitrogens is 1. The van der Waals surface area contributed by atoms with E-state index in [-0.39, 0.29) is 5.97 Å². The highest BCUT2D eigenvalue weighted by atomic mass is 16.5. The predicted molar refractivity (Wildman–Crippen MR) is 74.2 cm³/mol. The highest BCUT2D eigenvalue weighted by Gasteiger charge is 2.21. The molecule has 3 nitrogen and oxygen atoms in total. The van der Waals surface area contributed by atoms with Crippen LogP contribution in [0.25, 0.3) is 5.52 Å². The first-order valence-corrected chi connectivity index (χ1v) is 6.95. The second-order valence-corrected chi connectivity index (χ2v) is 5.35. The number of aryl methyl sites for hydroxylation is 1. The Morgan fingerprint density at radius 1 is 1.47 bits per heavy atom. The zero-order valence-corrected chi connectivity index (χ0v) is 11.3. The van der Waals surface area contributed by atoms with E-state index in [0.29, 0.717) is 12.5 Å². The maximum absolute atomic E-state index is 10.8. The Kier molecular flexibility index (Phi) is 3.28. The van der Waals surface area contributed by atoms with Gasteiger partial charge in [0, 0.05) is 24.3 Å². The number of carbonyl (C=O) groups is 1.